The number of amides is 2. The van der Waals surface area contributed by atoms with Gasteiger partial charge >= 0.3 is 24.4 Å². The molecular formula is C15H22F6N2O3. The number of nitrogens with one attached hydrogen (secondary N) is 1. The zero-order valence-corrected chi connectivity index (χ0v) is 15.0. The van der Waals surface area contributed by atoms with Crippen molar-refractivity contribution in [1.29, 1.82) is 0 Å². The van der Waals surface area contributed by atoms with Gasteiger partial charge in [0.2, 0.25) is 0 Å². The molecule has 26 heavy (non-hydrogen) atoms. The lowest BCUT2D eigenvalue weighted by atomic mass is 9.97. The van der Waals surface area contributed by atoms with E-state index in [1.165, 1.54) is 20.8 Å². The minimum Gasteiger partial charge on any atom is -0.458 e. The van der Waals surface area contributed by atoms with Crippen LogP contribution in [-0.2, 0) is 9.53 Å². The summed E-state index contributed by atoms with van der Waals surface area (Å²) < 4.78 is 84.2. The Kier molecular flexibility index (Phi) is 5.85. The van der Waals surface area contributed by atoms with Crippen LogP contribution in [0.4, 0.5) is 31.1 Å². The predicted octanol–water partition coefficient (Wildman–Crippen LogP) is 3.63. The molecule has 0 aliphatic carbocycles. The summed E-state index contributed by atoms with van der Waals surface area (Å²) in [5.74, 6) is -1.34. The number of hydrogen-bond donors (Lipinski definition) is 1. The minimum absolute atomic E-state index is 0.145. The van der Waals surface area contributed by atoms with E-state index in [1.54, 1.807) is 13.8 Å². The Morgan fingerprint density at radius 2 is 1.62 bits per heavy atom. The van der Waals surface area contributed by atoms with E-state index in [-0.39, 0.29) is 17.2 Å². The molecular weight excluding hydrogens is 370 g/mol. The molecule has 0 saturated carbocycles. The molecule has 1 aliphatic heterocycles. The number of ether oxygens (including phenoxy) is 1. The number of carbonyl (C=O) groups is 2. The second-order valence-corrected chi connectivity index (χ2v) is 7.64. The van der Waals surface area contributed by atoms with E-state index in [4.69, 9.17) is 4.74 Å². The highest BCUT2D eigenvalue weighted by Gasteiger charge is 2.75. The van der Waals surface area contributed by atoms with Gasteiger partial charge in [-0.3, -0.25) is 0 Å². The van der Waals surface area contributed by atoms with Crippen LogP contribution in [0, 0.1) is 5.92 Å². The maximum atomic E-state index is 13.2. The van der Waals surface area contributed by atoms with E-state index >= 15 is 0 Å². The van der Waals surface area contributed by atoms with Crippen LogP contribution in [0.1, 0.15) is 41.0 Å². The standard InChI is InChI=1S/C15H22F6N2O3/c1-8(2)6-9(10(24)26-12(3,4)5)23-7-13(14(16,17)18,15(19,20)21)22-11(23)25/h8-9H,6-7H2,1-5H3,(H,22,25)/t9-/m0/s1. The molecule has 1 rings (SSSR count). The van der Waals surface area contributed by atoms with Crippen molar-refractivity contribution in [3.63, 3.8) is 0 Å². The van der Waals surface area contributed by atoms with E-state index in [2.05, 4.69) is 0 Å². The first-order valence-corrected chi connectivity index (χ1v) is 7.86. The second kappa shape index (κ2) is 6.80. The summed E-state index contributed by atoms with van der Waals surface area (Å²) in [4.78, 5) is 24.6. The third kappa shape index (κ3) is 4.53. The van der Waals surface area contributed by atoms with Crippen LogP contribution in [0.3, 0.4) is 0 Å². The van der Waals surface area contributed by atoms with Gasteiger partial charge in [0.1, 0.15) is 11.6 Å². The van der Waals surface area contributed by atoms with Gasteiger partial charge in [-0.05, 0) is 33.1 Å². The van der Waals surface area contributed by atoms with E-state index in [0.29, 0.717) is 0 Å². The van der Waals surface area contributed by atoms with Crippen molar-refractivity contribution in [2.75, 3.05) is 6.54 Å². The summed E-state index contributed by atoms with van der Waals surface area (Å²) >= 11 is 0. The van der Waals surface area contributed by atoms with Crippen molar-refractivity contribution < 1.29 is 40.7 Å². The first kappa shape index (κ1) is 22.4. The molecule has 152 valence electrons. The highest BCUT2D eigenvalue weighted by molar-refractivity contribution is 5.86. The summed E-state index contributed by atoms with van der Waals surface area (Å²) in [6, 6.07) is -3.18. The average molecular weight is 392 g/mol. The van der Waals surface area contributed by atoms with E-state index in [0.717, 1.165) is 5.32 Å². The molecule has 0 aromatic rings. The van der Waals surface area contributed by atoms with Crippen molar-refractivity contribution in [3.8, 4) is 0 Å². The maximum absolute atomic E-state index is 13.2. The van der Waals surface area contributed by atoms with Crippen molar-refractivity contribution in [2.24, 2.45) is 5.92 Å². The average Bonchev–Trinajstić information content (AvgIpc) is 2.71. The van der Waals surface area contributed by atoms with Crippen LogP contribution in [0.15, 0.2) is 0 Å². The predicted molar refractivity (Wildman–Crippen MR) is 79.2 cm³/mol. The molecule has 0 spiro atoms. The molecule has 1 aliphatic rings. The molecule has 1 N–H and O–H groups in total. The van der Waals surface area contributed by atoms with Crippen LogP contribution in [0.2, 0.25) is 0 Å². The van der Waals surface area contributed by atoms with Crippen molar-refractivity contribution in [1.82, 2.24) is 10.2 Å². The largest absolute Gasteiger partial charge is 0.458 e. The van der Waals surface area contributed by atoms with Crippen LogP contribution in [0.25, 0.3) is 0 Å². The normalized spacial score (nSPS) is 19.5. The first-order valence-electron chi connectivity index (χ1n) is 7.86. The number of hydrogen-bond acceptors (Lipinski definition) is 3. The van der Waals surface area contributed by atoms with Crippen LogP contribution in [-0.4, -0.2) is 53.0 Å². The van der Waals surface area contributed by atoms with Crippen molar-refractivity contribution in [3.05, 3.63) is 0 Å². The fourth-order valence-corrected chi connectivity index (χ4v) is 2.52. The first-order chi connectivity index (χ1) is 11.4. The Bertz CT molecular complexity index is 537. The maximum Gasteiger partial charge on any atom is 0.422 e. The zero-order valence-electron chi connectivity index (χ0n) is 15.0. The van der Waals surface area contributed by atoms with Gasteiger partial charge in [0.15, 0.2) is 0 Å². The Morgan fingerprint density at radius 1 is 1.15 bits per heavy atom. The summed E-state index contributed by atoms with van der Waals surface area (Å²) in [5.41, 5.74) is -5.46. The number of halogens is 6. The smallest absolute Gasteiger partial charge is 0.422 e. The zero-order chi connectivity index (χ0) is 20.7. The van der Waals surface area contributed by atoms with E-state index in [9.17, 15) is 35.9 Å². The molecule has 2 amide bonds. The van der Waals surface area contributed by atoms with E-state index in [1.807, 2.05) is 0 Å². The van der Waals surface area contributed by atoms with Gasteiger partial charge in [-0.2, -0.15) is 26.3 Å². The van der Waals surface area contributed by atoms with Gasteiger partial charge < -0.3 is 15.0 Å². The minimum atomic E-state index is -5.79. The number of carbonyl (C=O) groups excluding carboxylic acids is 2. The Morgan fingerprint density at radius 3 is 1.92 bits per heavy atom. The summed E-state index contributed by atoms with van der Waals surface area (Å²) in [7, 11) is 0. The van der Waals surface area contributed by atoms with Crippen molar-refractivity contribution in [2.45, 2.75) is 70.6 Å². The lowest BCUT2D eigenvalue weighted by Crippen LogP contribution is -2.65. The number of esters is 1. The van der Waals surface area contributed by atoms with Gasteiger partial charge in [0.05, 0.1) is 6.54 Å². The fraction of sp³-hybridized carbons (Fsp3) is 0.867. The van der Waals surface area contributed by atoms with Gasteiger partial charge in [0, 0.05) is 0 Å². The molecule has 1 saturated heterocycles. The number of nitrogens with zero attached hydrogens (tertiary/aromatic N) is 1. The van der Waals surface area contributed by atoms with Crippen LogP contribution < -0.4 is 5.32 Å². The Balaban J connectivity index is 3.28. The molecule has 0 radical (unpaired) electrons. The lowest BCUT2D eigenvalue weighted by molar-refractivity contribution is -0.299. The third-order valence-electron chi connectivity index (χ3n) is 3.71. The molecule has 5 nitrogen and oxygen atoms in total. The van der Waals surface area contributed by atoms with E-state index < -0.39 is 48.1 Å². The van der Waals surface area contributed by atoms with Crippen LogP contribution in [0.5, 0.6) is 0 Å². The SMILES string of the molecule is CC(C)C[C@@H](C(=O)OC(C)(C)C)N1CC(C(F)(F)F)(C(F)(F)F)NC1=O. The lowest BCUT2D eigenvalue weighted by Gasteiger charge is -2.34. The summed E-state index contributed by atoms with van der Waals surface area (Å²) in [6.45, 7) is 5.97. The Labute approximate surface area is 147 Å². The van der Waals surface area contributed by atoms with Gasteiger partial charge in [-0.25, -0.2) is 9.59 Å². The van der Waals surface area contributed by atoms with Gasteiger partial charge in [-0.15, -0.1) is 0 Å². The number of rotatable bonds is 4. The summed E-state index contributed by atoms with van der Waals surface area (Å²) in [6.07, 6.45) is -11.7. The van der Waals surface area contributed by atoms with Gasteiger partial charge in [0.25, 0.3) is 5.54 Å². The molecule has 1 heterocycles. The highest BCUT2D eigenvalue weighted by atomic mass is 19.4. The number of alkyl halides is 6. The molecule has 0 aromatic carbocycles. The quantitative estimate of drug-likeness (QED) is 0.587. The number of urea groups is 1. The molecule has 1 atom stereocenters. The fourth-order valence-electron chi connectivity index (χ4n) is 2.52. The Hall–Kier alpha value is -1.68. The summed E-state index contributed by atoms with van der Waals surface area (Å²) in [5, 5.41) is 0.998. The molecule has 0 bridgehead atoms. The third-order valence-corrected chi connectivity index (χ3v) is 3.71. The molecule has 11 heteroatoms. The monoisotopic (exact) mass is 392 g/mol. The second-order valence-electron chi connectivity index (χ2n) is 7.64. The molecule has 0 aromatic heterocycles. The molecule has 0 unspecified atom stereocenters. The van der Waals surface area contributed by atoms with Crippen LogP contribution >= 0.6 is 0 Å². The highest BCUT2D eigenvalue weighted by Crippen LogP contribution is 2.46. The van der Waals surface area contributed by atoms with Gasteiger partial charge in [-0.1, -0.05) is 13.8 Å². The topological polar surface area (TPSA) is 58.6 Å². The van der Waals surface area contributed by atoms with Crippen molar-refractivity contribution >= 4 is 12.0 Å². The molecule has 1 fully saturated rings.